The second-order valence-corrected chi connectivity index (χ2v) is 4.94. The highest BCUT2D eigenvalue weighted by molar-refractivity contribution is 14.0. The van der Waals surface area contributed by atoms with Crippen LogP contribution in [0.2, 0.25) is 0 Å². The Bertz CT molecular complexity index is 179. The molecule has 0 aromatic carbocycles. The third-order valence-electron chi connectivity index (χ3n) is 2.14. The minimum atomic E-state index is 0. The molecule has 0 spiro atoms. The van der Waals surface area contributed by atoms with E-state index in [4.69, 9.17) is 5.73 Å². The standard InChI is InChI=1S/C12H27N3.HI/c1-10(2)7-5-6-8-14-12(13)15-9-11(3)4;/h10-11H,5-9H2,1-4H3,(H3,13,14,15);1H. The van der Waals surface area contributed by atoms with E-state index in [0.717, 1.165) is 19.0 Å². The van der Waals surface area contributed by atoms with Crippen LogP contribution in [0.25, 0.3) is 0 Å². The summed E-state index contributed by atoms with van der Waals surface area (Å²) in [6, 6.07) is 0. The Morgan fingerprint density at radius 2 is 1.75 bits per heavy atom. The van der Waals surface area contributed by atoms with Gasteiger partial charge in [-0.25, -0.2) is 0 Å². The second-order valence-electron chi connectivity index (χ2n) is 4.94. The highest BCUT2D eigenvalue weighted by atomic mass is 127. The van der Waals surface area contributed by atoms with Crippen molar-refractivity contribution in [3.8, 4) is 0 Å². The van der Waals surface area contributed by atoms with Crippen LogP contribution in [0.4, 0.5) is 0 Å². The lowest BCUT2D eigenvalue weighted by atomic mass is 10.1. The molecule has 0 heterocycles. The van der Waals surface area contributed by atoms with E-state index >= 15 is 0 Å². The van der Waals surface area contributed by atoms with Gasteiger partial charge >= 0.3 is 0 Å². The maximum absolute atomic E-state index is 5.70. The molecule has 0 aliphatic rings. The van der Waals surface area contributed by atoms with Gasteiger partial charge in [-0.3, -0.25) is 4.99 Å². The fraction of sp³-hybridized carbons (Fsp3) is 0.917. The maximum atomic E-state index is 5.70. The zero-order chi connectivity index (χ0) is 11.7. The Morgan fingerprint density at radius 1 is 1.12 bits per heavy atom. The molecule has 0 aliphatic heterocycles. The van der Waals surface area contributed by atoms with E-state index in [2.05, 4.69) is 38.0 Å². The van der Waals surface area contributed by atoms with Crippen LogP contribution in [-0.2, 0) is 0 Å². The van der Waals surface area contributed by atoms with E-state index in [1.165, 1.54) is 19.3 Å². The van der Waals surface area contributed by atoms with Crippen molar-refractivity contribution in [1.82, 2.24) is 5.32 Å². The molecular formula is C12H28IN3. The summed E-state index contributed by atoms with van der Waals surface area (Å²) in [7, 11) is 0. The van der Waals surface area contributed by atoms with Gasteiger partial charge in [-0.2, -0.15) is 0 Å². The summed E-state index contributed by atoms with van der Waals surface area (Å²) in [6.07, 6.45) is 3.74. The lowest BCUT2D eigenvalue weighted by Crippen LogP contribution is -2.32. The molecule has 0 amide bonds. The highest BCUT2D eigenvalue weighted by Crippen LogP contribution is 2.04. The SMILES string of the molecule is CC(C)CCCCNC(N)=NCC(C)C.I. The maximum Gasteiger partial charge on any atom is 0.188 e. The zero-order valence-electron chi connectivity index (χ0n) is 11.1. The van der Waals surface area contributed by atoms with Crippen LogP contribution in [0, 0.1) is 11.8 Å². The number of nitrogens with one attached hydrogen (secondary N) is 1. The quantitative estimate of drug-likeness (QED) is 0.324. The molecule has 0 rings (SSSR count). The lowest BCUT2D eigenvalue weighted by molar-refractivity contribution is 0.535. The van der Waals surface area contributed by atoms with Gasteiger partial charge in [0.25, 0.3) is 0 Å². The molecule has 16 heavy (non-hydrogen) atoms. The number of rotatable bonds is 7. The molecule has 0 atom stereocenters. The van der Waals surface area contributed by atoms with Crippen LogP contribution in [0.5, 0.6) is 0 Å². The molecular weight excluding hydrogens is 313 g/mol. The van der Waals surface area contributed by atoms with Crippen molar-refractivity contribution in [3.63, 3.8) is 0 Å². The number of hydrogen-bond acceptors (Lipinski definition) is 1. The summed E-state index contributed by atoms with van der Waals surface area (Å²) in [5.74, 6) is 1.97. The van der Waals surface area contributed by atoms with Crippen LogP contribution >= 0.6 is 24.0 Å². The zero-order valence-corrected chi connectivity index (χ0v) is 13.5. The highest BCUT2D eigenvalue weighted by Gasteiger charge is 1.95. The first-order valence-electron chi connectivity index (χ1n) is 6.06. The summed E-state index contributed by atoms with van der Waals surface area (Å²) in [5, 5.41) is 3.14. The molecule has 98 valence electrons. The third-order valence-corrected chi connectivity index (χ3v) is 2.14. The Balaban J connectivity index is 0. The van der Waals surface area contributed by atoms with Crippen LogP contribution in [0.1, 0.15) is 47.0 Å². The molecule has 0 fully saturated rings. The van der Waals surface area contributed by atoms with Crippen molar-refractivity contribution in [1.29, 1.82) is 0 Å². The number of aliphatic imine (C=N–C) groups is 1. The number of hydrogen-bond donors (Lipinski definition) is 2. The van der Waals surface area contributed by atoms with Gasteiger partial charge in [0.05, 0.1) is 0 Å². The molecule has 0 radical (unpaired) electrons. The van der Waals surface area contributed by atoms with Crippen LogP contribution in [-0.4, -0.2) is 19.0 Å². The van der Waals surface area contributed by atoms with Crippen LogP contribution in [0.3, 0.4) is 0 Å². The minimum Gasteiger partial charge on any atom is -0.370 e. The van der Waals surface area contributed by atoms with Gasteiger partial charge in [0.2, 0.25) is 0 Å². The molecule has 3 N–H and O–H groups in total. The molecule has 4 heteroatoms. The van der Waals surface area contributed by atoms with Crippen molar-refractivity contribution < 1.29 is 0 Å². The topological polar surface area (TPSA) is 50.4 Å². The van der Waals surface area contributed by atoms with Gasteiger partial charge < -0.3 is 11.1 Å². The van der Waals surface area contributed by atoms with E-state index < -0.39 is 0 Å². The summed E-state index contributed by atoms with van der Waals surface area (Å²) in [6.45, 7) is 10.5. The van der Waals surface area contributed by atoms with Gasteiger partial charge in [0.15, 0.2) is 5.96 Å². The predicted octanol–water partition coefficient (Wildman–Crippen LogP) is 2.99. The molecule has 3 nitrogen and oxygen atoms in total. The monoisotopic (exact) mass is 341 g/mol. The average Bonchev–Trinajstić information content (AvgIpc) is 2.13. The van der Waals surface area contributed by atoms with Crippen molar-refractivity contribution in [3.05, 3.63) is 0 Å². The van der Waals surface area contributed by atoms with Crippen LogP contribution in [0.15, 0.2) is 4.99 Å². The number of nitrogens with two attached hydrogens (primary N) is 1. The first kappa shape index (κ1) is 18.4. The fourth-order valence-corrected chi connectivity index (χ4v) is 1.23. The fourth-order valence-electron chi connectivity index (χ4n) is 1.23. The Kier molecular flexibility index (Phi) is 13.2. The van der Waals surface area contributed by atoms with Gasteiger partial charge in [0, 0.05) is 13.1 Å². The normalized spacial score (nSPS) is 11.8. The van der Waals surface area contributed by atoms with Crippen molar-refractivity contribution in [2.24, 2.45) is 22.6 Å². The van der Waals surface area contributed by atoms with E-state index in [9.17, 15) is 0 Å². The Morgan fingerprint density at radius 3 is 2.25 bits per heavy atom. The molecule has 0 aromatic rings. The van der Waals surface area contributed by atoms with E-state index in [1.54, 1.807) is 0 Å². The minimum absolute atomic E-state index is 0. The van der Waals surface area contributed by atoms with Crippen molar-refractivity contribution in [2.75, 3.05) is 13.1 Å². The Labute approximate surface area is 118 Å². The smallest absolute Gasteiger partial charge is 0.188 e. The van der Waals surface area contributed by atoms with Gasteiger partial charge in [0.1, 0.15) is 0 Å². The van der Waals surface area contributed by atoms with Crippen molar-refractivity contribution in [2.45, 2.75) is 47.0 Å². The number of nitrogens with zero attached hydrogens (tertiary/aromatic N) is 1. The second kappa shape index (κ2) is 11.5. The molecule has 0 aliphatic carbocycles. The molecule has 0 saturated heterocycles. The largest absolute Gasteiger partial charge is 0.370 e. The first-order chi connectivity index (χ1) is 7.02. The number of halogens is 1. The van der Waals surface area contributed by atoms with Gasteiger partial charge in [-0.1, -0.05) is 40.5 Å². The van der Waals surface area contributed by atoms with Gasteiger partial charge in [-0.05, 0) is 18.3 Å². The summed E-state index contributed by atoms with van der Waals surface area (Å²) in [4.78, 5) is 4.24. The average molecular weight is 341 g/mol. The Hall–Kier alpha value is 0. The predicted molar refractivity (Wildman–Crippen MR) is 83.4 cm³/mol. The molecule has 0 unspecified atom stereocenters. The third kappa shape index (κ3) is 14.0. The summed E-state index contributed by atoms with van der Waals surface area (Å²) >= 11 is 0. The van der Waals surface area contributed by atoms with Crippen LogP contribution < -0.4 is 11.1 Å². The molecule has 0 bridgehead atoms. The first-order valence-corrected chi connectivity index (χ1v) is 6.06. The molecule has 0 saturated carbocycles. The van der Waals surface area contributed by atoms with Crippen molar-refractivity contribution >= 4 is 29.9 Å². The molecule has 0 aromatic heterocycles. The summed E-state index contributed by atoms with van der Waals surface area (Å²) < 4.78 is 0. The van der Waals surface area contributed by atoms with E-state index in [1.807, 2.05) is 0 Å². The number of unbranched alkanes of at least 4 members (excludes halogenated alkanes) is 1. The van der Waals surface area contributed by atoms with Gasteiger partial charge in [-0.15, -0.1) is 24.0 Å². The van der Waals surface area contributed by atoms with E-state index in [0.29, 0.717) is 11.9 Å². The summed E-state index contributed by atoms with van der Waals surface area (Å²) in [5.41, 5.74) is 5.70. The number of guanidine groups is 1. The van der Waals surface area contributed by atoms with E-state index in [-0.39, 0.29) is 24.0 Å². The lowest BCUT2D eigenvalue weighted by Gasteiger charge is -2.07.